The summed E-state index contributed by atoms with van der Waals surface area (Å²) in [6.07, 6.45) is 5.07. The van der Waals surface area contributed by atoms with Crippen molar-refractivity contribution in [1.29, 1.82) is 0 Å². The summed E-state index contributed by atoms with van der Waals surface area (Å²) in [5.74, 6) is -0.962. The minimum absolute atomic E-state index is 0.00603. The van der Waals surface area contributed by atoms with Gasteiger partial charge in [0.15, 0.2) is 6.10 Å². The van der Waals surface area contributed by atoms with Gasteiger partial charge in [-0.25, -0.2) is 4.79 Å². The molecule has 0 spiro atoms. The zero-order chi connectivity index (χ0) is 20.8. The Kier molecular flexibility index (Phi) is 6.80. The zero-order valence-electron chi connectivity index (χ0n) is 16.4. The lowest BCUT2D eigenvalue weighted by Crippen LogP contribution is -2.19. The number of aliphatic carboxylic acids is 1. The number of ether oxygens (including phenoxy) is 1. The largest absolute Gasteiger partial charge is 0.479 e. The smallest absolute Gasteiger partial charge is 0.332 e. The molecule has 2 heterocycles. The Bertz CT molecular complexity index is 1010. The fourth-order valence-electron chi connectivity index (χ4n) is 2.75. The third-order valence-corrected chi connectivity index (χ3v) is 5.49. The fourth-order valence-corrected chi connectivity index (χ4v) is 3.62. The van der Waals surface area contributed by atoms with E-state index in [2.05, 4.69) is 0 Å². The number of carbonyl (C=O) groups is 2. The molecule has 3 aromatic rings. The predicted octanol–water partition coefficient (Wildman–Crippen LogP) is 4.79. The Morgan fingerprint density at radius 3 is 2.66 bits per heavy atom. The van der Waals surface area contributed by atoms with Crippen LogP contribution in [0.15, 0.2) is 60.8 Å². The molecular weight excluding hydrogens is 386 g/mol. The average molecular weight is 410 g/mol. The van der Waals surface area contributed by atoms with Crippen molar-refractivity contribution in [2.75, 3.05) is 0 Å². The number of thiophene rings is 1. The highest BCUT2D eigenvalue weighted by Gasteiger charge is 2.13. The van der Waals surface area contributed by atoms with E-state index in [4.69, 9.17) is 9.84 Å². The SMILES string of the molecule is Cc1ccc(C(=O)c2cccn2C/C=C/c2ccc(COC(C)C(=O)O)s2)cc1. The third-order valence-electron chi connectivity index (χ3n) is 4.47. The first-order valence-electron chi connectivity index (χ1n) is 9.30. The Labute approximate surface area is 173 Å². The molecule has 0 aliphatic rings. The molecule has 0 aliphatic heterocycles. The highest BCUT2D eigenvalue weighted by atomic mass is 32.1. The highest BCUT2D eigenvalue weighted by Crippen LogP contribution is 2.20. The molecule has 0 amide bonds. The second-order valence-electron chi connectivity index (χ2n) is 6.74. The number of hydrogen-bond acceptors (Lipinski definition) is 4. The first-order chi connectivity index (χ1) is 13.9. The third kappa shape index (κ3) is 5.53. The molecule has 1 N–H and O–H groups in total. The second-order valence-corrected chi connectivity index (χ2v) is 7.94. The number of carboxylic acid groups (broad SMARTS) is 1. The van der Waals surface area contributed by atoms with Crippen molar-refractivity contribution in [3.63, 3.8) is 0 Å². The summed E-state index contributed by atoms with van der Waals surface area (Å²) in [4.78, 5) is 25.6. The molecule has 5 nitrogen and oxygen atoms in total. The van der Waals surface area contributed by atoms with Gasteiger partial charge in [0.2, 0.25) is 5.78 Å². The average Bonchev–Trinajstić information content (AvgIpc) is 3.35. The number of carboxylic acids is 1. The van der Waals surface area contributed by atoms with Crippen molar-refractivity contribution in [2.45, 2.75) is 33.1 Å². The monoisotopic (exact) mass is 409 g/mol. The van der Waals surface area contributed by atoms with Gasteiger partial charge in [-0.05, 0) is 44.2 Å². The summed E-state index contributed by atoms with van der Waals surface area (Å²) in [6.45, 7) is 4.37. The van der Waals surface area contributed by atoms with Gasteiger partial charge in [0, 0.05) is 28.1 Å². The number of aromatic nitrogens is 1. The number of nitrogens with zero attached hydrogens (tertiary/aromatic N) is 1. The maximum Gasteiger partial charge on any atom is 0.332 e. The maximum atomic E-state index is 12.8. The van der Waals surface area contributed by atoms with Crippen LogP contribution in [-0.4, -0.2) is 27.5 Å². The minimum Gasteiger partial charge on any atom is -0.479 e. The van der Waals surface area contributed by atoms with Gasteiger partial charge in [0.05, 0.1) is 12.3 Å². The van der Waals surface area contributed by atoms with Crippen molar-refractivity contribution >= 4 is 29.2 Å². The van der Waals surface area contributed by atoms with Gasteiger partial charge in [0.1, 0.15) is 0 Å². The molecular formula is C23H23NO4S. The Hall–Kier alpha value is -2.96. The van der Waals surface area contributed by atoms with Crippen LogP contribution in [0.4, 0.5) is 0 Å². The zero-order valence-corrected chi connectivity index (χ0v) is 17.2. The summed E-state index contributed by atoms with van der Waals surface area (Å²) in [6, 6.07) is 15.2. The van der Waals surface area contributed by atoms with Gasteiger partial charge in [0.25, 0.3) is 0 Å². The van der Waals surface area contributed by atoms with Crippen molar-refractivity contribution < 1.29 is 19.4 Å². The molecule has 1 aromatic carbocycles. The molecule has 2 aromatic heterocycles. The molecule has 6 heteroatoms. The normalized spacial score (nSPS) is 12.3. The lowest BCUT2D eigenvalue weighted by molar-refractivity contribution is -0.149. The Morgan fingerprint density at radius 2 is 1.93 bits per heavy atom. The predicted molar refractivity (Wildman–Crippen MR) is 114 cm³/mol. The van der Waals surface area contributed by atoms with Crippen LogP contribution in [0, 0.1) is 6.92 Å². The lowest BCUT2D eigenvalue weighted by Gasteiger charge is -2.06. The topological polar surface area (TPSA) is 68.5 Å². The standard InChI is InChI=1S/C23H23NO4S/c1-16-7-9-18(10-8-16)22(25)21-6-4-14-24(21)13-3-5-19-11-12-20(29-19)15-28-17(2)23(26)27/h3-12,14,17H,13,15H2,1-2H3,(H,26,27)/b5-3+. The van der Waals surface area contributed by atoms with Crippen LogP contribution in [0.5, 0.6) is 0 Å². The van der Waals surface area contributed by atoms with Crippen molar-refractivity contribution in [3.05, 3.63) is 87.4 Å². The molecule has 0 fully saturated rings. The molecule has 0 saturated heterocycles. The van der Waals surface area contributed by atoms with Crippen LogP contribution in [0.3, 0.4) is 0 Å². The fraction of sp³-hybridized carbons (Fsp3) is 0.217. The number of hydrogen-bond donors (Lipinski definition) is 1. The summed E-state index contributed by atoms with van der Waals surface area (Å²) in [5, 5.41) is 8.86. The van der Waals surface area contributed by atoms with Crippen molar-refractivity contribution in [1.82, 2.24) is 4.57 Å². The summed E-state index contributed by atoms with van der Waals surface area (Å²) >= 11 is 1.55. The van der Waals surface area contributed by atoms with Gasteiger partial charge in [-0.1, -0.05) is 35.9 Å². The number of rotatable bonds is 9. The quantitative estimate of drug-likeness (QED) is 0.516. The van der Waals surface area contributed by atoms with Gasteiger partial charge in [-0.2, -0.15) is 0 Å². The molecule has 0 radical (unpaired) electrons. The van der Waals surface area contributed by atoms with Gasteiger partial charge in [-0.15, -0.1) is 11.3 Å². The van der Waals surface area contributed by atoms with Crippen LogP contribution in [-0.2, 0) is 22.7 Å². The van der Waals surface area contributed by atoms with Crippen LogP contribution >= 0.6 is 11.3 Å². The number of aryl methyl sites for hydroxylation is 1. The van der Waals surface area contributed by atoms with Crippen LogP contribution in [0.2, 0.25) is 0 Å². The van der Waals surface area contributed by atoms with E-state index in [0.717, 1.165) is 15.3 Å². The Balaban J connectivity index is 1.60. The van der Waals surface area contributed by atoms with Gasteiger partial charge >= 0.3 is 5.97 Å². The number of carbonyl (C=O) groups excluding carboxylic acids is 1. The first-order valence-corrected chi connectivity index (χ1v) is 10.1. The summed E-state index contributed by atoms with van der Waals surface area (Å²) < 4.78 is 7.22. The van der Waals surface area contributed by atoms with Crippen molar-refractivity contribution in [3.8, 4) is 0 Å². The van der Waals surface area contributed by atoms with Crippen LogP contribution in [0.25, 0.3) is 6.08 Å². The van der Waals surface area contributed by atoms with E-state index >= 15 is 0 Å². The van der Waals surface area contributed by atoms with E-state index < -0.39 is 12.1 Å². The maximum absolute atomic E-state index is 12.8. The van der Waals surface area contributed by atoms with Crippen LogP contribution < -0.4 is 0 Å². The van der Waals surface area contributed by atoms with E-state index in [1.165, 1.54) is 6.92 Å². The lowest BCUT2D eigenvalue weighted by atomic mass is 10.1. The molecule has 0 aliphatic carbocycles. The molecule has 150 valence electrons. The van der Waals surface area contributed by atoms with E-state index in [1.807, 2.05) is 78.4 Å². The van der Waals surface area contributed by atoms with E-state index in [1.54, 1.807) is 11.3 Å². The molecule has 1 unspecified atom stereocenters. The van der Waals surface area contributed by atoms with E-state index in [-0.39, 0.29) is 12.4 Å². The number of benzene rings is 1. The first kappa shape index (κ1) is 20.8. The molecule has 0 bridgehead atoms. The van der Waals surface area contributed by atoms with Gasteiger partial charge in [-0.3, -0.25) is 4.79 Å². The minimum atomic E-state index is -0.968. The van der Waals surface area contributed by atoms with Crippen molar-refractivity contribution in [2.24, 2.45) is 0 Å². The molecule has 29 heavy (non-hydrogen) atoms. The summed E-state index contributed by atoms with van der Waals surface area (Å²) in [7, 11) is 0. The molecule has 3 rings (SSSR count). The highest BCUT2D eigenvalue weighted by molar-refractivity contribution is 7.12. The van der Waals surface area contributed by atoms with E-state index in [9.17, 15) is 9.59 Å². The number of allylic oxidation sites excluding steroid dienone is 1. The summed E-state index contributed by atoms with van der Waals surface area (Å²) in [5.41, 5.74) is 2.46. The second kappa shape index (κ2) is 9.49. The van der Waals surface area contributed by atoms with Gasteiger partial charge < -0.3 is 14.4 Å². The van der Waals surface area contributed by atoms with E-state index in [0.29, 0.717) is 17.8 Å². The number of ketones is 1. The van der Waals surface area contributed by atoms with Crippen LogP contribution in [0.1, 0.15) is 38.3 Å². The molecule has 1 atom stereocenters. The Morgan fingerprint density at radius 1 is 1.17 bits per heavy atom. The molecule has 0 saturated carbocycles.